The van der Waals surface area contributed by atoms with E-state index in [1.165, 1.54) is 12.4 Å². The lowest BCUT2D eigenvalue weighted by Gasteiger charge is -2.37. The molecule has 1 N–H and O–H groups in total. The summed E-state index contributed by atoms with van der Waals surface area (Å²) in [6, 6.07) is 0.531. The van der Waals surface area contributed by atoms with Gasteiger partial charge < -0.3 is 19.9 Å². The zero-order chi connectivity index (χ0) is 21.8. The molecular formula is C23H29N5O3. The summed E-state index contributed by atoms with van der Waals surface area (Å²) >= 11 is 0. The quantitative estimate of drug-likeness (QED) is 0.701. The Morgan fingerprint density at radius 3 is 2.61 bits per heavy atom. The fraction of sp³-hybridized carbons (Fsp3) is 0.478. The van der Waals surface area contributed by atoms with Crippen LogP contribution in [-0.2, 0) is 9.53 Å². The zero-order valence-electron chi connectivity index (χ0n) is 18.0. The lowest BCUT2D eigenvalue weighted by atomic mass is 9.89. The summed E-state index contributed by atoms with van der Waals surface area (Å²) in [7, 11) is 1.96. The first-order chi connectivity index (χ1) is 15.1. The van der Waals surface area contributed by atoms with Gasteiger partial charge in [0.25, 0.3) is 0 Å². The van der Waals surface area contributed by atoms with Crippen molar-refractivity contribution in [2.45, 2.75) is 38.3 Å². The average Bonchev–Trinajstić information content (AvgIpc) is 3.22. The molecule has 0 bridgehead atoms. The van der Waals surface area contributed by atoms with Crippen LogP contribution in [0.2, 0.25) is 0 Å². The number of hydrogen-bond donors (Lipinski definition) is 1. The molecule has 4 rings (SSSR count). The fourth-order valence-corrected chi connectivity index (χ4v) is 4.36. The second kappa shape index (κ2) is 9.32. The number of allylic oxidation sites excluding steroid dienone is 2. The Labute approximate surface area is 182 Å². The predicted octanol–water partition coefficient (Wildman–Crippen LogP) is 2.07. The number of aromatic nitrogens is 2. The number of nitrogens with zero attached hydrogens (tertiary/aromatic N) is 4. The minimum absolute atomic E-state index is 0.188. The van der Waals surface area contributed by atoms with E-state index in [1.54, 1.807) is 6.92 Å². The lowest BCUT2D eigenvalue weighted by molar-refractivity contribution is -0.131. The molecule has 164 valence electrons. The van der Waals surface area contributed by atoms with Crippen molar-refractivity contribution >= 4 is 17.8 Å². The van der Waals surface area contributed by atoms with Crippen LogP contribution >= 0.6 is 0 Å². The molecule has 1 aromatic heterocycles. The minimum atomic E-state index is -0.415. The molecule has 8 nitrogen and oxygen atoms in total. The van der Waals surface area contributed by atoms with Crippen molar-refractivity contribution in [3.05, 3.63) is 54.0 Å². The number of ether oxygens (including phenoxy) is 1. The van der Waals surface area contributed by atoms with Gasteiger partial charge in [-0.3, -0.25) is 4.79 Å². The van der Waals surface area contributed by atoms with Crippen LogP contribution in [0.3, 0.4) is 0 Å². The van der Waals surface area contributed by atoms with E-state index in [0.29, 0.717) is 24.5 Å². The maximum Gasteiger partial charge on any atom is 0.341 e. The third kappa shape index (κ3) is 4.62. The molecule has 31 heavy (non-hydrogen) atoms. The molecule has 2 aliphatic heterocycles. The monoisotopic (exact) mass is 423 g/mol. The van der Waals surface area contributed by atoms with Gasteiger partial charge in [0, 0.05) is 44.5 Å². The van der Waals surface area contributed by atoms with Crippen molar-refractivity contribution < 1.29 is 14.3 Å². The number of rotatable bonds is 6. The van der Waals surface area contributed by atoms with Crippen molar-refractivity contribution in [3.63, 3.8) is 0 Å². The Bertz CT molecular complexity index is 900. The number of carbonyl (C=O) groups excluding carboxylic acids is 2. The van der Waals surface area contributed by atoms with E-state index in [-0.39, 0.29) is 23.9 Å². The van der Waals surface area contributed by atoms with E-state index in [9.17, 15) is 9.59 Å². The number of likely N-dealkylation sites (tertiary alicyclic amines) is 1. The SMILES string of the molecule is CCOC(=O)c1cnc(N(C)C2CCN(C(=O)CC3=CNC4C=CC=CC34)CC2)nc1. The summed E-state index contributed by atoms with van der Waals surface area (Å²) in [5.41, 5.74) is 1.51. The number of carbonyl (C=O) groups is 2. The molecule has 1 saturated heterocycles. The first-order valence-electron chi connectivity index (χ1n) is 10.9. The summed E-state index contributed by atoms with van der Waals surface area (Å²) in [6.45, 7) is 3.53. The number of hydrogen-bond acceptors (Lipinski definition) is 7. The van der Waals surface area contributed by atoms with E-state index in [2.05, 4.69) is 33.5 Å². The predicted molar refractivity (Wildman–Crippen MR) is 117 cm³/mol. The average molecular weight is 424 g/mol. The van der Waals surface area contributed by atoms with Gasteiger partial charge in [0.05, 0.1) is 24.6 Å². The molecule has 8 heteroatoms. The molecule has 0 saturated carbocycles. The highest BCUT2D eigenvalue weighted by Crippen LogP contribution is 2.29. The normalized spacial score (nSPS) is 22.5. The van der Waals surface area contributed by atoms with Gasteiger partial charge in [-0.15, -0.1) is 0 Å². The number of amides is 1. The van der Waals surface area contributed by atoms with Crippen molar-refractivity contribution in [2.75, 3.05) is 31.6 Å². The Hall–Kier alpha value is -3.16. The van der Waals surface area contributed by atoms with Gasteiger partial charge in [0.2, 0.25) is 11.9 Å². The summed E-state index contributed by atoms with van der Waals surface area (Å²) in [4.78, 5) is 37.3. The molecule has 0 aromatic carbocycles. The second-order valence-corrected chi connectivity index (χ2v) is 8.10. The molecule has 1 aromatic rings. The van der Waals surface area contributed by atoms with E-state index < -0.39 is 5.97 Å². The molecule has 0 spiro atoms. The Kier molecular flexibility index (Phi) is 6.34. The first kappa shape index (κ1) is 21.1. The van der Waals surface area contributed by atoms with E-state index in [1.807, 2.05) is 29.1 Å². The maximum atomic E-state index is 12.9. The fourth-order valence-electron chi connectivity index (χ4n) is 4.36. The summed E-state index contributed by atoms with van der Waals surface area (Å²) in [5.74, 6) is 0.630. The molecule has 3 heterocycles. The van der Waals surface area contributed by atoms with Crippen LogP contribution in [0, 0.1) is 5.92 Å². The van der Waals surface area contributed by atoms with Gasteiger partial charge in [0.15, 0.2) is 0 Å². The van der Waals surface area contributed by atoms with E-state index >= 15 is 0 Å². The largest absolute Gasteiger partial charge is 0.462 e. The van der Waals surface area contributed by atoms with Crippen molar-refractivity contribution in [2.24, 2.45) is 5.92 Å². The number of esters is 1. The van der Waals surface area contributed by atoms with Crippen molar-refractivity contribution in [1.29, 1.82) is 0 Å². The second-order valence-electron chi connectivity index (χ2n) is 8.10. The number of fused-ring (bicyclic) bond motifs is 1. The standard InChI is InChI=1S/C23H29N5O3/c1-3-31-22(30)17-14-25-23(26-15-17)27(2)18-8-10-28(11-9-18)21(29)12-16-13-24-20-7-5-4-6-19(16)20/h4-7,13-15,18-20,24H,3,8-12H2,1-2H3. The lowest BCUT2D eigenvalue weighted by Crippen LogP contribution is -2.46. The summed E-state index contributed by atoms with van der Waals surface area (Å²) < 4.78 is 4.97. The van der Waals surface area contributed by atoms with E-state index in [4.69, 9.17) is 4.74 Å². The molecule has 1 aliphatic carbocycles. The zero-order valence-corrected chi connectivity index (χ0v) is 18.0. The Balaban J connectivity index is 1.28. The van der Waals surface area contributed by atoms with Gasteiger partial charge in [-0.05, 0) is 31.5 Å². The Morgan fingerprint density at radius 2 is 1.90 bits per heavy atom. The minimum Gasteiger partial charge on any atom is -0.462 e. The van der Waals surface area contributed by atoms with Gasteiger partial charge >= 0.3 is 5.97 Å². The van der Waals surface area contributed by atoms with Crippen molar-refractivity contribution in [3.8, 4) is 0 Å². The maximum absolute atomic E-state index is 12.9. The van der Waals surface area contributed by atoms with Gasteiger partial charge in [-0.2, -0.15) is 0 Å². The highest BCUT2D eigenvalue weighted by Gasteiger charge is 2.31. The molecule has 2 atom stereocenters. The first-order valence-corrected chi connectivity index (χ1v) is 10.9. The molecule has 1 amide bonds. The Morgan fingerprint density at radius 1 is 1.19 bits per heavy atom. The highest BCUT2D eigenvalue weighted by atomic mass is 16.5. The van der Waals surface area contributed by atoms with E-state index in [0.717, 1.165) is 31.5 Å². The van der Waals surface area contributed by atoms with Crippen LogP contribution in [0.5, 0.6) is 0 Å². The number of nitrogens with one attached hydrogen (secondary N) is 1. The van der Waals surface area contributed by atoms with Crippen LogP contribution < -0.4 is 10.2 Å². The van der Waals surface area contributed by atoms with Crippen LogP contribution in [-0.4, -0.2) is 65.6 Å². The van der Waals surface area contributed by atoms with Gasteiger partial charge in [-0.1, -0.05) is 24.3 Å². The number of piperidine rings is 1. The summed E-state index contributed by atoms with van der Waals surface area (Å²) in [6.07, 6.45) is 15.6. The van der Waals surface area contributed by atoms with Crippen molar-refractivity contribution in [1.82, 2.24) is 20.2 Å². The van der Waals surface area contributed by atoms with Crippen LogP contribution in [0.15, 0.2) is 48.5 Å². The van der Waals surface area contributed by atoms with Gasteiger partial charge in [-0.25, -0.2) is 14.8 Å². The molecule has 0 radical (unpaired) electrons. The van der Waals surface area contributed by atoms with Gasteiger partial charge in [0.1, 0.15) is 0 Å². The third-order valence-electron chi connectivity index (χ3n) is 6.21. The third-order valence-corrected chi connectivity index (χ3v) is 6.21. The summed E-state index contributed by atoms with van der Waals surface area (Å²) in [5, 5.41) is 3.35. The van der Waals surface area contributed by atoms with Crippen LogP contribution in [0.4, 0.5) is 5.95 Å². The van der Waals surface area contributed by atoms with Crippen LogP contribution in [0.1, 0.15) is 36.5 Å². The van der Waals surface area contributed by atoms with Crippen LogP contribution in [0.25, 0.3) is 0 Å². The number of anilines is 1. The molecule has 3 aliphatic rings. The smallest absolute Gasteiger partial charge is 0.341 e. The molecule has 2 unspecified atom stereocenters. The highest BCUT2D eigenvalue weighted by molar-refractivity contribution is 5.88. The molecular weight excluding hydrogens is 394 g/mol. The topological polar surface area (TPSA) is 87.7 Å². The molecule has 1 fully saturated rings.